The van der Waals surface area contributed by atoms with Crippen LogP contribution in [0, 0.1) is 5.82 Å². The summed E-state index contributed by atoms with van der Waals surface area (Å²) in [7, 11) is 0. The van der Waals surface area contributed by atoms with E-state index in [0.717, 1.165) is 6.07 Å². The molecule has 23 heavy (non-hydrogen) atoms. The van der Waals surface area contributed by atoms with Gasteiger partial charge >= 0.3 is 0 Å². The third-order valence-electron chi connectivity index (χ3n) is 2.80. The Morgan fingerprint density at radius 2 is 2.22 bits per heavy atom. The number of hydrogen-bond donors (Lipinski definition) is 1. The number of anilines is 1. The number of carbonyl (C=O) groups is 1. The maximum absolute atomic E-state index is 14.0. The normalized spacial score (nSPS) is 10.0. The van der Waals surface area contributed by atoms with Crippen molar-refractivity contribution in [2.75, 3.05) is 11.9 Å². The van der Waals surface area contributed by atoms with E-state index in [4.69, 9.17) is 16.3 Å². The van der Waals surface area contributed by atoms with Gasteiger partial charge in [-0.3, -0.25) is 4.79 Å². The lowest BCUT2D eigenvalue weighted by molar-refractivity contribution is 0.101. The molecule has 1 amide bonds. The first kappa shape index (κ1) is 16.6. The lowest BCUT2D eigenvalue weighted by Crippen LogP contribution is -2.17. The lowest BCUT2D eigenvalue weighted by Gasteiger charge is -2.12. The van der Waals surface area contributed by atoms with Crippen molar-refractivity contribution in [3.05, 3.63) is 65.9 Å². The Kier molecular flexibility index (Phi) is 5.43. The average molecular weight is 334 g/mol. The third kappa shape index (κ3) is 3.92. The molecular weight excluding hydrogens is 321 g/mol. The van der Waals surface area contributed by atoms with E-state index in [9.17, 15) is 9.18 Å². The van der Waals surface area contributed by atoms with Crippen molar-refractivity contribution in [2.24, 2.45) is 0 Å². The van der Waals surface area contributed by atoms with Gasteiger partial charge < -0.3 is 10.1 Å². The molecule has 5 nitrogen and oxygen atoms in total. The van der Waals surface area contributed by atoms with Crippen molar-refractivity contribution in [2.45, 2.75) is 0 Å². The van der Waals surface area contributed by atoms with Crippen LogP contribution in [0.3, 0.4) is 0 Å². The van der Waals surface area contributed by atoms with Crippen LogP contribution in [0.1, 0.15) is 15.9 Å². The molecule has 118 valence electrons. The molecule has 1 N–H and O–H groups in total. The molecule has 0 spiro atoms. The Bertz CT molecular complexity index is 765. The standard InChI is InChI=1S/C16H13ClFN3O2/c1-3-8-23-12-7-5-6-11(18)13(12)15(22)20-14-10(4-2)9-19-16(17)21-14/h3-7,9H,1-2,8H2,(H,19,20,21,22). The van der Waals surface area contributed by atoms with E-state index < -0.39 is 11.7 Å². The van der Waals surface area contributed by atoms with Crippen LogP contribution in [0.5, 0.6) is 5.75 Å². The van der Waals surface area contributed by atoms with Gasteiger partial charge in [-0.2, -0.15) is 4.98 Å². The second-order valence-electron chi connectivity index (χ2n) is 4.31. The first-order chi connectivity index (χ1) is 11.1. The Morgan fingerprint density at radius 3 is 2.91 bits per heavy atom. The van der Waals surface area contributed by atoms with Gasteiger partial charge in [-0.05, 0) is 23.7 Å². The molecule has 1 aromatic carbocycles. The summed E-state index contributed by atoms with van der Waals surface area (Å²) in [5.74, 6) is -1.21. The van der Waals surface area contributed by atoms with Crippen LogP contribution in [0.25, 0.3) is 6.08 Å². The van der Waals surface area contributed by atoms with E-state index in [2.05, 4.69) is 28.4 Å². The molecule has 1 heterocycles. The second-order valence-corrected chi connectivity index (χ2v) is 4.65. The first-order valence-corrected chi connectivity index (χ1v) is 6.93. The summed E-state index contributed by atoms with van der Waals surface area (Å²) in [5.41, 5.74) is 0.215. The van der Waals surface area contributed by atoms with Gasteiger partial charge in [0.05, 0.1) is 0 Å². The minimum atomic E-state index is -0.722. The van der Waals surface area contributed by atoms with Crippen LogP contribution in [0.4, 0.5) is 10.2 Å². The summed E-state index contributed by atoms with van der Waals surface area (Å²) in [6.45, 7) is 7.24. The molecule has 0 radical (unpaired) electrons. The Morgan fingerprint density at radius 1 is 1.43 bits per heavy atom. The van der Waals surface area contributed by atoms with E-state index in [1.807, 2.05) is 0 Å². The number of hydrogen-bond acceptors (Lipinski definition) is 4. The summed E-state index contributed by atoms with van der Waals surface area (Å²) in [4.78, 5) is 20.1. The average Bonchev–Trinajstić information content (AvgIpc) is 2.53. The van der Waals surface area contributed by atoms with Crippen LogP contribution in [-0.4, -0.2) is 22.5 Å². The molecule has 0 aliphatic carbocycles. The Hall–Kier alpha value is -2.73. The van der Waals surface area contributed by atoms with Gasteiger partial charge in [0.1, 0.15) is 29.6 Å². The van der Waals surface area contributed by atoms with Gasteiger partial charge in [-0.15, -0.1) is 0 Å². The van der Waals surface area contributed by atoms with Crippen LogP contribution < -0.4 is 10.1 Å². The minimum absolute atomic E-state index is 0.0532. The number of nitrogens with zero attached hydrogens (tertiary/aromatic N) is 2. The number of carbonyl (C=O) groups excluding carboxylic acids is 1. The highest BCUT2D eigenvalue weighted by molar-refractivity contribution is 6.28. The number of amides is 1. The summed E-state index contributed by atoms with van der Waals surface area (Å²) in [6, 6.07) is 4.10. The maximum Gasteiger partial charge on any atom is 0.263 e. The zero-order chi connectivity index (χ0) is 16.8. The quantitative estimate of drug-likeness (QED) is 0.646. The van der Waals surface area contributed by atoms with Crippen LogP contribution >= 0.6 is 11.6 Å². The van der Waals surface area contributed by atoms with Gasteiger partial charge in [0.2, 0.25) is 5.28 Å². The summed E-state index contributed by atoms with van der Waals surface area (Å²) >= 11 is 5.72. The van der Waals surface area contributed by atoms with Crippen molar-refractivity contribution >= 4 is 29.4 Å². The molecule has 0 saturated heterocycles. The molecule has 2 aromatic rings. The molecule has 0 fully saturated rings. The molecule has 2 rings (SSSR count). The molecule has 0 aliphatic rings. The van der Waals surface area contributed by atoms with E-state index in [1.165, 1.54) is 30.5 Å². The number of nitrogens with one attached hydrogen (secondary N) is 1. The van der Waals surface area contributed by atoms with Crippen LogP contribution in [0.2, 0.25) is 5.28 Å². The monoisotopic (exact) mass is 333 g/mol. The van der Waals surface area contributed by atoms with Gasteiger partial charge in [0.15, 0.2) is 0 Å². The molecule has 7 heteroatoms. The number of halogens is 2. The topological polar surface area (TPSA) is 64.1 Å². The smallest absolute Gasteiger partial charge is 0.263 e. The predicted octanol–water partition coefficient (Wildman–Crippen LogP) is 3.73. The lowest BCUT2D eigenvalue weighted by atomic mass is 10.1. The van der Waals surface area contributed by atoms with E-state index in [1.54, 1.807) is 0 Å². The fourth-order valence-electron chi connectivity index (χ4n) is 1.78. The highest BCUT2D eigenvalue weighted by atomic mass is 35.5. The SMILES string of the molecule is C=CCOc1cccc(F)c1C(=O)Nc1nc(Cl)ncc1C=C. The van der Waals surface area contributed by atoms with Gasteiger partial charge in [-0.25, -0.2) is 9.37 Å². The van der Waals surface area contributed by atoms with E-state index in [-0.39, 0.29) is 29.0 Å². The number of aromatic nitrogens is 2. The highest BCUT2D eigenvalue weighted by Gasteiger charge is 2.19. The molecular formula is C16H13ClFN3O2. The van der Waals surface area contributed by atoms with Crippen molar-refractivity contribution < 1.29 is 13.9 Å². The largest absolute Gasteiger partial charge is 0.489 e. The first-order valence-electron chi connectivity index (χ1n) is 6.55. The summed E-state index contributed by atoms with van der Waals surface area (Å²) in [6.07, 6.45) is 4.34. The molecule has 1 aromatic heterocycles. The number of rotatable bonds is 6. The summed E-state index contributed by atoms with van der Waals surface area (Å²) in [5, 5.41) is 2.43. The molecule has 0 unspecified atom stereocenters. The van der Waals surface area contributed by atoms with Gasteiger partial charge in [-0.1, -0.05) is 31.4 Å². The molecule has 0 aliphatic heterocycles. The number of benzene rings is 1. The van der Waals surface area contributed by atoms with E-state index in [0.29, 0.717) is 5.56 Å². The summed E-state index contributed by atoms with van der Waals surface area (Å²) < 4.78 is 19.4. The van der Waals surface area contributed by atoms with Crippen LogP contribution in [0.15, 0.2) is 43.6 Å². The van der Waals surface area contributed by atoms with Crippen molar-refractivity contribution in [3.8, 4) is 5.75 Å². The van der Waals surface area contributed by atoms with Crippen molar-refractivity contribution in [1.82, 2.24) is 9.97 Å². The zero-order valence-corrected chi connectivity index (χ0v) is 12.8. The highest BCUT2D eigenvalue weighted by Crippen LogP contribution is 2.24. The van der Waals surface area contributed by atoms with Gasteiger partial charge in [0, 0.05) is 11.8 Å². The van der Waals surface area contributed by atoms with Crippen LogP contribution in [-0.2, 0) is 0 Å². The fourth-order valence-corrected chi connectivity index (χ4v) is 1.92. The fraction of sp³-hybridized carbons (Fsp3) is 0.0625. The Balaban J connectivity index is 2.36. The predicted molar refractivity (Wildman–Crippen MR) is 87.2 cm³/mol. The third-order valence-corrected chi connectivity index (χ3v) is 2.98. The maximum atomic E-state index is 14.0. The zero-order valence-electron chi connectivity index (χ0n) is 12.1. The number of ether oxygens (including phenoxy) is 1. The van der Waals surface area contributed by atoms with Crippen molar-refractivity contribution in [3.63, 3.8) is 0 Å². The Labute approximate surface area is 137 Å². The molecule has 0 saturated carbocycles. The second kappa shape index (κ2) is 7.51. The molecule has 0 atom stereocenters. The van der Waals surface area contributed by atoms with Crippen molar-refractivity contribution in [1.29, 1.82) is 0 Å². The van der Waals surface area contributed by atoms with E-state index >= 15 is 0 Å². The van der Waals surface area contributed by atoms with Gasteiger partial charge in [0.25, 0.3) is 5.91 Å². The molecule has 0 bridgehead atoms. The minimum Gasteiger partial charge on any atom is -0.489 e.